The lowest BCUT2D eigenvalue weighted by Crippen LogP contribution is -2.50. The van der Waals surface area contributed by atoms with Gasteiger partial charge in [-0.15, -0.1) is 11.3 Å². The average Bonchev–Trinajstić information content (AvgIpc) is 3.08. The van der Waals surface area contributed by atoms with Crippen LogP contribution in [0, 0.1) is 5.92 Å². The molecule has 128 valence electrons. The van der Waals surface area contributed by atoms with Gasteiger partial charge in [0.05, 0.1) is 12.5 Å². The van der Waals surface area contributed by atoms with Gasteiger partial charge in [0.15, 0.2) is 0 Å². The fourth-order valence-electron chi connectivity index (χ4n) is 3.82. The molecule has 6 heteroatoms. The summed E-state index contributed by atoms with van der Waals surface area (Å²) in [7, 11) is 4.12. The van der Waals surface area contributed by atoms with Crippen LogP contribution in [0.2, 0.25) is 0 Å². The number of rotatable bonds is 4. The van der Waals surface area contributed by atoms with E-state index in [0.717, 1.165) is 30.9 Å². The molecule has 0 saturated carbocycles. The van der Waals surface area contributed by atoms with Crippen LogP contribution >= 0.6 is 11.3 Å². The summed E-state index contributed by atoms with van der Waals surface area (Å²) in [5, 5.41) is 2.99. The van der Waals surface area contributed by atoms with Crippen LogP contribution in [0.1, 0.15) is 30.7 Å². The fraction of sp³-hybridized carbons (Fsp3) is 0.765. The predicted octanol–water partition coefficient (Wildman–Crippen LogP) is 1.91. The highest BCUT2D eigenvalue weighted by atomic mass is 32.1. The number of amides is 1. The van der Waals surface area contributed by atoms with Crippen molar-refractivity contribution >= 4 is 17.2 Å². The number of aromatic nitrogens is 1. The number of likely N-dealkylation sites (tertiary alicyclic amines) is 2. The number of carbonyl (C=O) groups is 1. The summed E-state index contributed by atoms with van der Waals surface area (Å²) in [6, 6.07) is 0.672. The van der Waals surface area contributed by atoms with Crippen LogP contribution in [0.4, 0.5) is 0 Å². The van der Waals surface area contributed by atoms with Crippen LogP contribution in [0.5, 0.6) is 0 Å². The highest BCUT2D eigenvalue weighted by molar-refractivity contribution is 7.09. The van der Waals surface area contributed by atoms with Crippen LogP contribution < -0.4 is 0 Å². The van der Waals surface area contributed by atoms with Gasteiger partial charge in [0.2, 0.25) is 5.91 Å². The molecule has 0 N–H and O–H groups in total. The minimum absolute atomic E-state index is 0.161. The highest BCUT2D eigenvalue weighted by Crippen LogP contribution is 2.25. The quantitative estimate of drug-likeness (QED) is 0.842. The molecule has 1 aromatic rings. The van der Waals surface area contributed by atoms with E-state index in [9.17, 15) is 4.79 Å². The number of carbonyl (C=O) groups excluding carboxylic acids is 1. The molecule has 0 aromatic carbocycles. The first-order valence-electron chi connectivity index (χ1n) is 8.69. The Morgan fingerprint density at radius 2 is 2.13 bits per heavy atom. The zero-order valence-corrected chi connectivity index (χ0v) is 15.1. The van der Waals surface area contributed by atoms with Gasteiger partial charge in [-0.05, 0) is 52.4 Å². The highest BCUT2D eigenvalue weighted by Gasteiger charge is 2.32. The molecule has 3 heterocycles. The lowest BCUT2D eigenvalue weighted by Gasteiger charge is -2.41. The van der Waals surface area contributed by atoms with E-state index in [-0.39, 0.29) is 11.8 Å². The predicted molar refractivity (Wildman–Crippen MR) is 93.4 cm³/mol. The monoisotopic (exact) mass is 336 g/mol. The summed E-state index contributed by atoms with van der Waals surface area (Å²) >= 11 is 1.62. The zero-order valence-electron chi connectivity index (χ0n) is 14.3. The number of hydrogen-bond donors (Lipinski definition) is 0. The average molecular weight is 337 g/mol. The number of nitrogens with zero attached hydrogens (tertiary/aromatic N) is 4. The molecule has 1 atom stereocenters. The second-order valence-electron chi connectivity index (χ2n) is 6.99. The molecule has 0 bridgehead atoms. The third-order valence-electron chi connectivity index (χ3n) is 5.24. The van der Waals surface area contributed by atoms with E-state index in [4.69, 9.17) is 0 Å². The van der Waals surface area contributed by atoms with Gasteiger partial charge in [-0.1, -0.05) is 0 Å². The topological polar surface area (TPSA) is 39.7 Å². The van der Waals surface area contributed by atoms with Crippen molar-refractivity contribution in [2.24, 2.45) is 5.92 Å². The van der Waals surface area contributed by atoms with Gasteiger partial charge >= 0.3 is 0 Å². The maximum atomic E-state index is 12.8. The van der Waals surface area contributed by atoms with E-state index in [1.165, 1.54) is 25.9 Å². The molecule has 2 fully saturated rings. The molecule has 2 aliphatic rings. The summed E-state index contributed by atoms with van der Waals surface area (Å²) in [5.74, 6) is 0.450. The van der Waals surface area contributed by atoms with Gasteiger partial charge in [-0.3, -0.25) is 9.69 Å². The Kier molecular flexibility index (Phi) is 5.67. The van der Waals surface area contributed by atoms with Crippen molar-refractivity contribution in [3.8, 4) is 0 Å². The maximum Gasteiger partial charge on any atom is 0.227 e. The second-order valence-corrected chi connectivity index (χ2v) is 7.97. The third kappa shape index (κ3) is 4.31. The maximum absolute atomic E-state index is 12.8. The van der Waals surface area contributed by atoms with Crippen molar-refractivity contribution in [1.82, 2.24) is 19.7 Å². The van der Waals surface area contributed by atoms with Gasteiger partial charge in [0.1, 0.15) is 5.01 Å². The minimum Gasteiger partial charge on any atom is -0.339 e. The van der Waals surface area contributed by atoms with Crippen LogP contribution in [0.3, 0.4) is 0 Å². The number of thiazole rings is 1. The molecule has 2 aliphatic heterocycles. The summed E-state index contributed by atoms with van der Waals surface area (Å²) in [6.45, 7) is 5.11. The first-order valence-corrected chi connectivity index (χ1v) is 9.57. The van der Waals surface area contributed by atoms with Gasteiger partial charge < -0.3 is 9.80 Å². The molecule has 5 nitrogen and oxygen atoms in total. The Labute approximate surface area is 143 Å². The first-order chi connectivity index (χ1) is 11.1. The Morgan fingerprint density at radius 1 is 1.35 bits per heavy atom. The molecule has 0 spiro atoms. The van der Waals surface area contributed by atoms with E-state index < -0.39 is 0 Å². The van der Waals surface area contributed by atoms with Crippen molar-refractivity contribution in [2.75, 3.05) is 40.3 Å². The standard InChI is InChI=1S/C17H28N4OS/c1-19-9-5-15(6-10-19)21-8-3-4-14(12-21)17(22)20(2)13-16-18-7-11-23-16/h7,11,14-15H,3-6,8-10,12-13H2,1-2H3. The van der Waals surface area contributed by atoms with Crippen LogP contribution in [0.25, 0.3) is 0 Å². The van der Waals surface area contributed by atoms with Crippen LogP contribution in [0.15, 0.2) is 11.6 Å². The molecule has 1 amide bonds. The zero-order chi connectivity index (χ0) is 16.2. The molecular formula is C17H28N4OS. The number of hydrogen-bond acceptors (Lipinski definition) is 5. The Hall–Kier alpha value is -0.980. The van der Waals surface area contributed by atoms with Gasteiger partial charge in [-0.25, -0.2) is 4.98 Å². The van der Waals surface area contributed by atoms with E-state index >= 15 is 0 Å². The van der Waals surface area contributed by atoms with Crippen molar-refractivity contribution in [3.05, 3.63) is 16.6 Å². The molecule has 1 unspecified atom stereocenters. The summed E-state index contributed by atoms with van der Waals surface area (Å²) in [5.41, 5.74) is 0. The molecule has 3 rings (SSSR count). The summed E-state index contributed by atoms with van der Waals surface area (Å²) < 4.78 is 0. The van der Waals surface area contributed by atoms with Crippen LogP contribution in [-0.4, -0.2) is 71.9 Å². The fourth-order valence-corrected chi connectivity index (χ4v) is 4.49. The SMILES string of the molecule is CN1CCC(N2CCCC(C(=O)N(C)Cc3nccs3)C2)CC1. The Morgan fingerprint density at radius 3 is 2.83 bits per heavy atom. The van der Waals surface area contributed by atoms with Crippen molar-refractivity contribution in [2.45, 2.75) is 38.3 Å². The number of piperidine rings is 2. The normalized spacial score (nSPS) is 24.7. The van der Waals surface area contributed by atoms with Gasteiger partial charge in [0, 0.05) is 31.2 Å². The largest absolute Gasteiger partial charge is 0.339 e. The second kappa shape index (κ2) is 7.73. The van der Waals surface area contributed by atoms with Crippen LogP contribution in [-0.2, 0) is 11.3 Å². The van der Waals surface area contributed by atoms with E-state index in [1.807, 2.05) is 17.3 Å². The van der Waals surface area contributed by atoms with Gasteiger partial charge in [-0.2, -0.15) is 0 Å². The minimum atomic E-state index is 0.161. The van der Waals surface area contributed by atoms with Crippen molar-refractivity contribution < 1.29 is 4.79 Å². The molecule has 0 aliphatic carbocycles. The summed E-state index contributed by atoms with van der Waals surface area (Å²) in [6.07, 6.45) is 6.47. The molecule has 23 heavy (non-hydrogen) atoms. The first kappa shape index (κ1) is 16.9. The van der Waals surface area contributed by atoms with E-state index in [0.29, 0.717) is 12.6 Å². The van der Waals surface area contributed by atoms with Crippen molar-refractivity contribution in [1.29, 1.82) is 0 Å². The van der Waals surface area contributed by atoms with Crippen molar-refractivity contribution in [3.63, 3.8) is 0 Å². The lowest BCUT2D eigenvalue weighted by molar-refractivity contribution is -0.137. The Balaban J connectivity index is 1.54. The lowest BCUT2D eigenvalue weighted by atomic mass is 9.93. The molecule has 2 saturated heterocycles. The van der Waals surface area contributed by atoms with E-state index in [1.54, 1.807) is 17.5 Å². The Bertz CT molecular complexity index is 499. The summed E-state index contributed by atoms with van der Waals surface area (Å²) in [4.78, 5) is 23.9. The third-order valence-corrected chi connectivity index (χ3v) is 6.00. The molecular weight excluding hydrogens is 308 g/mol. The molecule has 0 radical (unpaired) electrons. The molecule has 1 aromatic heterocycles. The van der Waals surface area contributed by atoms with Gasteiger partial charge in [0.25, 0.3) is 0 Å². The smallest absolute Gasteiger partial charge is 0.227 e. The van der Waals surface area contributed by atoms with E-state index in [2.05, 4.69) is 21.8 Å².